The predicted octanol–water partition coefficient (Wildman–Crippen LogP) is 3.34. The molecule has 1 aromatic heterocycles. The quantitative estimate of drug-likeness (QED) is 0.876. The van der Waals surface area contributed by atoms with E-state index in [1.54, 1.807) is 11.3 Å². The third-order valence-electron chi connectivity index (χ3n) is 3.46. The molecular weight excluding hydrogens is 280 g/mol. The maximum Gasteiger partial charge on any atom is 0.237 e. The van der Waals surface area contributed by atoms with E-state index in [0.717, 1.165) is 6.42 Å². The summed E-state index contributed by atoms with van der Waals surface area (Å²) in [6.07, 6.45) is 0.916. The second-order valence-electron chi connectivity index (χ2n) is 5.01. The Hall–Kier alpha value is -0.580. The molecule has 110 valence electrons. The average Bonchev–Trinajstić information content (AvgIpc) is 2.66. The van der Waals surface area contributed by atoms with Gasteiger partial charge in [0, 0.05) is 9.75 Å². The molecule has 3 N–H and O–H groups in total. The second kappa shape index (κ2) is 7.88. The zero-order valence-electron chi connectivity index (χ0n) is 12.3. The zero-order chi connectivity index (χ0) is 13.9. The van der Waals surface area contributed by atoms with Crippen LogP contribution in [0, 0.1) is 19.8 Å². The van der Waals surface area contributed by atoms with Crippen molar-refractivity contribution < 1.29 is 4.79 Å². The van der Waals surface area contributed by atoms with Crippen molar-refractivity contribution in [1.82, 2.24) is 5.32 Å². The van der Waals surface area contributed by atoms with E-state index in [0.29, 0.717) is 0 Å². The Bertz CT molecular complexity index is 420. The van der Waals surface area contributed by atoms with Crippen molar-refractivity contribution in [2.24, 2.45) is 11.7 Å². The molecule has 0 fully saturated rings. The first kappa shape index (κ1) is 18.4. The molecule has 0 aliphatic carbocycles. The maximum absolute atomic E-state index is 12.0. The van der Waals surface area contributed by atoms with Gasteiger partial charge in [0.2, 0.25) is 5.91 Å². The molecule has 0 saturated heterocycles. The molecule has 0 bridgehead atoms. The van der Waals surface area contributed by atoms with Crippen molar-refractivity contribution in [3.8, 4) is 0 Å². The summed E-state index contributed by atoms with van der Waals surface area (Å²) in [6.45, 7) is 10.2. The van der Waals surface area contributed by atoms with Gasteiger partial charge in [-0.05, 0) is 38.3 Å². The van der Waals surface area contributed by atoms with Gasteiger partial charge in [0.25, 0.3) is 0 Å². The van der Waals surface area contributed by atoms with E-state index in [9.17, 15) is 4.79 Å². The van der Waals surface area contributed by atoms with Crippen molar-refractivity contribution >= 4 is 29.7 Å². The molecule has 3 atom stereocenters. The zero-order valence-corrected chi connectivity index (χ0v) is 14.0. The Balaban J connectivity index is 0.00000324. The van der Waals surface area contributed by atoms with E-state index >= 15 is 0 Å². The van der Waals surface area contributed by atoms with Crippen LogP contribution in [0.15, 0.2) is 6.07 Å². The standard InChI is InChI=1S/C14H24N2OS.ClH/c1-6-8(2)13(15)14(17)16-10(4)12-7-9(3)18-11(12)5;/h7-8,10,13H,6,15H2,1-5H3,(H,16,17);1H. The number of aryl methyl sites for hydroxylation is 2. The Morgan fingerprint density at radius 3 is 2.42 bits per heavy atom. The number of hydrogen-bond donors (Lipinski definition) is 2. The predicted molar refractivity (Wildman–Crippen MR) is 85.0 cm³/mol. The van der Waals surface area contributed by atoms with Crippen LogP contribution in [0.5, 0.6) is 0 Å². The smallest absolute Gasteiger partial charge is 0.237 e. The summed E-state index contributed by atoms with van der Waals surface area (Å²) in [6, 6.07) is 1.75. The molecule has 19 heavy (non-hydrogen) atoms. The largest absolute Gasteiger partial charge is 0.348 e. The van der Waals surface area contributed by atoms with Crippen LogP contribution in [0.2, 0.25) is 0 Å². The van der Waals surface area contributed by atoms with Gasteiger partial charge in [-0.3, -0.25) is 4.79 Å². The number of carbonyl (C=O) groups is 1. The molecule has 0 aromatic carbocycles. The van der Waals surface area contributed by atoms with Gasteiger partial charge in [-0.15, -0.1) is 23.7 Å². The maximum atomic E-state index is 12.0. The van der Waals surface area contributed by atoms with Gasteiger partial charge in [-0.1, -0.05) is 20.3 Å². The summed E-state index contributed by atoms with van der Waals surface area (Å²) in [4.78, 5) is 14.5. The van der Waals surface area contributed by atoms with E-state index in [1.165, 1.54) is 15.3 Å². The fraction of sp³-hybridized carbons (Fsp3) is 0.643. The van der Waals surface area contributed by atoms with Crippen LogP contribution in [0.3, 0.4) is 0 Å². The number of hydrogen-bond acceptors (Lipinski definition) is 3. The molecule has 0 spiro atoms. The Kier molecular flexibility index (Phi) is 7.64. The van der Waals surface area contributed by atoms with Crippen molar-refractivity contribution in [1.29, 1.82) is 0 Å². The first-order chi connectivity index (χ1) is 8.36. The average molecular weight is 305 g/mol. The normalized spacial score (nSPS) is 15.3. The van der Waals surface area contributed by atoms with Gasteiger partial charge in [0.1, 0.15) is 0 Å². The van der Waals surface area contributed by atoms with Gasteiger partial charge in [-0.2, -0.15) is 0 Å². The Labute approximate surface area is 126 Å². The summed E-state index contributed by atoms with van der Waals surface area (Å²) in [5.41, 5.74) is 7.13. The molecule has 1 heterocycles. The van der Waals surface area contributed by atoms with Crippen LogP contribution in [-0.4, -0.2) is 11.9 Å². The monoisotopic (exact) mass is 304 g/mol. The highest BCUT2D eigenvalue weighted by molar-refractivity contribution is 7.12. The minimum absolute atomic E-state index is 0. The first-order valence-electron chi connectivity index (χ1n) is 6.49. The van der Waals surface area contributed by atoms with Gasteiger partial charge in [0.15, 0.2) is 0 Å². The van der Waals surface area contributed by atoms with Crippen molar-refractivity contribution in [3.05, 3.63) is 21.4 Å². The fourth-order valence-electron chi connectivity index (χ4n) is 1.98. The molecule has 0 saturated carbocycles. The van der Waals surface area contributed by atoms with Gasteiger partial charge in [-0.25, -0.2) is 0 Å². The van der Waals surface area contributed by atoms with E-state index in [4.69, 9.17) is 5.73 Å². The van der Waals surface area contributed by atoms with Crippen LogP contribution in [-0.2, 0) is 4.79 Å². The molecule has 0 radical (unpaired) electrons. The SMILES string of the molecule is CCC(C)C(N)C(=O)NC(C)c1cc(C)sc1C.Cl. The van der Waals surface area contributed by atoms with Crippen LogP contribution in [0.25, 0.3) is 0 Å². The number of amides is 1. The van der Waals surface area contributed by atoms with Crippen molar-refractivity contribution in [3.63, 3.8) is 0 Å². The number of nitrogens with two attached hydrogens (primary N) is 1. The van der Waals surface area contributed by atoms with Crippen LogP contribution in [0.1, 0.15) is 48.6 Å². The molecule has 0 aliphatic rings. The molecule has 3 nitrogen and oxygen atoms in total. The third-order valence-corrected chi connectivity index (χ3v) is 4.45. The van der Waals surface area contributed by atoms with E-state index in [-0.39, 0.29) is 30.3 Å². The second-order valence-corrected chi connectivity index (χ2v) is 6.47. The lowest BCUT2D eigenvalue weighted by molar-refractivity contribution is -0.124. The summed E-state index contributed by atoms with van der Waals surface area (Å²) in [7, 11) is 0. The summed E-state index contributed by atoms with van der Waals surface area (Å²) < 4.78 is 0. The summed E-state index contributed by atoms with van der Waals surface area (Å²) >= 11 is 1.76. The molecule has 1 amide bonds. The third kappa shape index (κ3) is 4.79. The highest BCUT2D eigenvalue weighted by Crippen LogP contribution is 2.26. The highest BCUT2D eigenvalue weighted by atomic mass is 35.5. The molecule has 5 heteroatoms. The minimum Gasteiger partial charge on any atom is -0.348 e. The lowest BCUT2D eigenvalue weighted by Gasteiger charge is -2.21. The topological polar surface area (TPSA) is 55.1 Å². The van der Waals surface area contributed by atoms with Crippen LogP contribution in [0.4, 0.5) is 0 Å². The van der Waals surface area contributed by atoms with Gasteiger partial charge >= 0.3 is 0 Å². The molecular formula is C14H25ClN2OS. The minimum atomic E-state index is -0.419. The fourth-order valence-corrected chi connectivity index (χ4v) is 3.00. The lowest BCUT2D eigenvalue weighted by atomic mass is 9.99. The number of thiophene rings is 1. The molecule has 1 rings (SSSR count). The summed E-state index contributed by atoms with van der Waals surface area (Å²) in [5.74, 6) is 0.155. The van der Waals surface area contributed by atoms with Crippen LogP contribution >= 0.6 is 23.7 Å². The van der Waals surface area contributed by atoms with E-state index in [2.05, 4.69) is 25.2 Å². The lowest BCUT2D eigenvalue weighted by Crippen LogP contribution is -2.45. The van der Waals surface area contributed by atoms with E-state index in [1.807, 2.05) is 20.8 Å². The number of halogens is 1. The molecule has 1 aromatic rings. The number of rotatable bonds is 5. The van der Waals surface area contributed by atoms with Crippen molar-refractivity contribution in [2.75, 3.05) is 0 Å². The summed E-state index contributed by atoms with van der Waals surface area (Å²) in [5, 5.41) is 3.01. The highest BCUT2D eigenvalue weighted by Gasteiger charge is 2.22. The van der Waals surface area contributed by atoms with Crippen LogP contribution < -0.4 is 11.1 Å². The van der Waals surface area contributed by atoms with Gasteiger partial charge < -0.3 is 11.1 Å². The number of carbonyl (C=O) groups excluding carboxylic acids is 1. The number of nitrogens with one attached hydrogen (secondary N) is 1. The van der Waals surface area contributed by atoms with E-state index < -0.39 is 6.04 Å². The Morgan fingerprint density at radius 2 is 2.00 bits per heavy atom. The molecule has 0 aliphatic heterocycles. The van der Waals surface area contributed by atoms with Gasteiger partial charge in [0.05, 0.1) is 12.1 Å². The first-order valence-corrected chi connectivity index (χ1v) is 7.31. The van der Waals surface area contributed by atoms with Crippen molar-refractivity contribution in [2.45, 2.75) is 53.1 Å². The molecule has 3 unspecified atom stereocenters. The Morgan fingerprint density at radius 1 is 1.42 bits per heavy atom.